The Morgan fingerprint density at radius 1 is 0.306 bits per heavy atom. The lowest BCUT2D eigenvalue weighted by molar-refractivity contribution is -0.167. The molecule has 0 N–H and O–H groups in total. The van der Waals surface area contributed by atoms with Gasteiger partial charge in [0.2, 0.25) is 0 Å². The molecule has 0 spiro atoms. The fourth-order valence-corrected chi connectivity index (χ4v) is 8.52. The summed E-state index contributed by atoms with van der Waals surface area (Å²) in [7, 11) is 0. The third-order valence-electron chi connectivity index (χ3n) is 12.7. The summed E-state index contributed by atoms with van der Waals surface area (Å²) in [6, 6.07) is 0. The van der Waals surface area contributed by atoms with Crippen LogP contribution in [-0.2, 0) is 28.6 Å². The van der Waals surface area contributed by atoms with Gasteiger partial charge >= 0.3 is 17.9 Å². The Labute approximate surface area is 387 Å². The Morgan fingerprint density at radius 3 is 0.790 bits per heavy atom. The molecule has 0 aliphatic rings. The van der Waals surface area contributed by atoms with Crippen LogP contribution in [0.5, 0.6) is 0 Å². The summed E-state index contributed by atoms with van der Waals surface area (Å²) in [5, 5.41) is 0. The highest BCUT2D eigenvalue weighted by Gasteiger charge is 2.19. The molecule has 0 amide bonds. The first-order valence-electron chi connectivity index (χ1n) is 27.7. The minimum absolute atomic E-state index is 0.0633. The van der Waals surface area contributed by atoms with Gasteiger partial charge in [0.25, 0.3) is 0 Å². The highest BCUT2D eigenvalue weighted by Crippen LogP contribution is 2.18. The fourth-order valence-electron chi connectivity index (χ4n) is 8.52. The van der Waals surface area contributed by atoms with E-state index in [1.165, 1.54) is 199 Å². The maximum absolute atomic E-state index is 12.8. The van der Waals surface area contributed by atoms with Gasteiger partial charge in [-0.3, -0.25) is 14.4 Å². The van der Waals surface area contributed by atoms with Crippen LogP contribution in [0.15, 0.2) is 0 Å². The topological polar surface area (TPSA) is 78.9 Å². The molecule has 0 aliphatic carbocycles. The first-order valence-corrected chi connectivity index (χ1v) is 27.7. The Kier molecular flexibility index (Phi) is 47.6. The number of carbonyl (C=O) groups is 3. The number of hydrogen-bond donors (Lipinski definition) is 0. The van der Waals surface area contributed by atoms with Crippen LogP contribution in [0.1, 0.15) is 311 Å². The molecule has 0 unspecified atom stereocenters. The van der Waals surface area contributed by atoms with E-state index in [4.69, 9.17) is 14.2 Å². The summed E-state index contributed by atoms with van der Waals surface area (Å²) < 4.78 is 16.8. The Bertz CT molecular complexity index is 947. The highest BCUT2D eigenvalue weighted by molar-refractivity contribution is 5.71. The van der Waals surface area contributed by atoms with Crippen LogP contribution >= 0.6 is 0 Å². The smallest absolute Gasteiger partial charge is 0.306 e. The average molecular weight is 877 g/mol. The van der Waals surface area contributed by atoms with E-state index in [1.807, 2.05) is 0 Å². The molecule has 0 saturated heterocycles. The van der Waals surface area contributed by atoms with Gasteiger partial charge in [-0.25, -0.2) is 0 Å². The van der Waals surface area contributed by atoms with E-state index in [0.29, 0.717) is 19.3 Å². The fraction of sp³-hybridized carbons (Fsp3) is 0.946. The monoisotopic (exact) mass is 877 g/mol. The second-order valence-electron chi connectivity index (χ2n) is 20.2. The molecule has 0 saturated carbocycles. The molecule has 368 valence electrons. The normalized spacial score (nSPS) is 12.0. The SMILES string of the molecule is CCCCCCCCCC(=O)OC[C@@H](COC(=O)CCCCCCCCCCCCCCCCCCC(C)C)OC(=O)CCCCCCCCCCCCCCCCCC(C)C. The molecular formula is C56H108O6. The van der Waals surface area contributed by atoms with Crippen LogP contribution in [0.4, 0.5) is 0 Å². The molecule has 0 heterocycles. The van der Waals surface area contributed by atoms with Crippen molar-refractivity contribution in [2.24, 2.45) is 11.8 Å². The Balaban J connectivity index is 4.15. The maximum atomic E-state index is 12.8. The van der Waals surface area contributed by atoms with Crippen molar-refractivity contribution < 1.29 is 28.6 Å². The predicted octanol–water partition coefficient (Wildman–Crippen LogP) is 18.1. The second-order valence-corrected chi connectivity index (χ2v) is 20.2. The lowest BCUT2D eigenvalue weighted by Gasteiger charge is -2.18. The molecule has 0 aromatic rings. The number of ether oxygens (including phenoxy) is 3. The van der Waals surface area contributed by atoms with Gasteiger partial charge in [-0.1, -0.05) is 272 Å². The van der Waals surface area contributed by atoms with E-state index in [1.54, 1.807) is 0 Å². The first-order chi connectivity index (χ1) is 30.2. The van der Waals surface area contributed by atoms with Crippen LogP contribution in [0.2, 0.25) is 0 Å². The Morgan fingerprint density at radius 2 is 0.532 bits per heavy atom. The van der Waals surface area contributed by atoms with Gasteiger partial charge in [0.15, 0.2) is 6.10 Å². The molecule has 0 bridgehead atoms. The lowest BCUT2D eigenvalue weighted by Crippen LogP contribution is -2.30. The molecule has 0 fully saturated rings. The number of rotatable bonds is 50. The summed E-state index contributed by atoms with van der Waals surface area (Å²) >= 11 is 0. The standard InChI is InChI=1S/C56H108O6/c1-6-7-8-9-29-36-41-46-54(57)60-49-53(62-56(59)48-43-38-33-28-24-20-16-12-14-18-22-26-31-35-40-45-52(4)5)50-61-55(58)47-42-37-32-27-23-19-15-11-10-13-17-21-25-30-34-39-44-51(2)3/h51-53H,6-50H2,1-5H3/t53-/m0/s1. The van der Waals surface area contributed by atoms with Gasteiger partial charge in [-0.2, -0.15) is 0 Å². The minimum Gasteiger partial charge on any atom is -0.462 e. The van der Waals surface area contributed by atoms with Crippen molar-refractivity contribution in [2.75, 3.05) is 13.2 Å². The number of hydrogen-bond acceptors (Lipinski definition) is 6. The molecule has 0 rings (SSSR count). The van der Waals surface area contributed by atoms with E-state index in [-0.39, 0.29) is 31.1 Å². The first kappa shape index (κ1) is 60.4. The molecule has 0 aromatic heterocycles. The maximum Gasteiger partial charge on any atom is 0.306 e. The third kappa shape index (κ3) is 49.4. The second kappa shape index (κ2) is 48.9. The van der Waals surface area contributed by atoms with Crippen molar-refractivity contribution >= 4 is 17.9 Å². The van der Waals surface area contributed by atoms with Crippen molar-refractivity contribution in [2.45, 2.75) is 317 Å². The third-order valence-corrected chi connectivity index (χ3v) is 12.7. The van der Waals surface area contributed by atoms with E-state index >= 15 is 0 Å². The zero-order valence-electron chi connectivity index (χ0n) is 42.5. The summed E-state index contributed by atoms with van der Waals surface area (Å²) in [5.74, 6) is 0.852. The van der Waals surface area contributed by atoms with Gasteiger partial charge in [-0.15, -0.1) is 0 Å². The van der Waals surface area contributed by atoms with Crippen molar-refractivity contribution in [1.29, 1.82) is 0 Å². The number of carbonyl (C=O) groups excluding carboxylic acids is 3. The van der Waals surface area contributed by atoms with Crippen LogP contribution in [0.3, 0.4) is 0 Å². The summed E-state index contributed by atoms with van der Waals surface area (Å²) in [6.07, 6.45) is 51.1. The summed E-state index contributed by atoms with van der Waals surface area (Å²) in [5.41, 5.74) is 0. The van der Waals surface area contributed by atoms with Crippen LogP contribution in [0.25, 0.3) is 0 Å². The van der Waals surface area contributed by atoms with Crippen molar-refractivity contribution in [3.63, 3.8) is 0 Å². The molecule has 0 aromatic carbocycles. The van der Waals surface area contributed by atoms with Gasteiger partial charge in [0, 0.05) is 19.3 Å². The highest BCUT2D eigenvalue weighted by atomic mass is 16.6. The van der Waals surface area contributed by atoms with Gasteiger partial charge in [0.1, 0.15) is 13.2 Å². The van der Waals surface area contributed by atoms with Crippen molar-refractivity contribution in [3.05, 3.63) is 0 Å². The van der Waals surface area contributed by atoms with Crippen LogP contribution in [0, 0.1) is 11.8 Å². The van der Waals surface area contributed by atoms with Crippen LogP contribution in [-0.4, -0.2) is 37.2 Å². The Hall–Kier alpha value is -1.59. The van der Waals surface area contributed by atoms with Gasteiger partial charge < -0.3 is 14.2 Å². The molecule has 1 atom stereocenters. The van der Waals surface area contributed by atoms with Crippen molar-refractivity contribution in [3.8, 4) is 0 Å². The molecule has 0 aliphatic heterocycles. The molecule has 62 heavy (non-hydrogen) atoms. The summed E-state index contributed by atoms with van der Waals surface area (Å²) in [6.45, 7) is 11.4. The van der Waals surface area contributed by atoms with E-state index in [2.05, 4.69) is 34.6 Å². The molecule has 6 nitrogen and oxygen atoms in total. The van der Waals surface area contributed by atoms with Crippen molar-refractivity contribution in [1.82, 2.24) is 0 Å². The zero-order chi connectivity index (χ0) is 45.4. The lowest BCUT2D eigenvalue weighted by atomic mass is 10.0. The zero-order valence-corrected chi connectivity index (χ0v) is 42.5. The van der Waals surface area contributed by atoms with E-state index < -0.39 is 6.10 Å². The van der Waals surface area contributed by atoms with E-state index in [0.717, 1.165) is 69.6 Å². The largest absolute Gasteiger partial charge is 0.462 e. The molecular weight excluding hydrogens is 769 g/mol. The minimum atomic E-state index is -0.761. The quantitative estimate of drug-likeness (QED) is 0.0344. The molecule has 6 heteroatoms. The average Bonchev–Trinajstić information content (AvgIpc) is 3.24. The number of esters is 3. The van der Waals surface area contributed by atoms with E-state index in [9.17, 15) is 14.4 Å². The van der Waals surface area contributed by atoms with Gasteiger partial charge in [0.05, 0.1) is 0 Å². The summed E-state index contributed by atoms with van der Waals surface area (Å²) in [4.78, 5) is 37.9. The molecule has 0 radical (unpaired) electrons. The predicted molar refractivity (Wildman–Crippen MR) is 266 cm³/mol. The van der Waals surface area contributed by atoms with Crippen LogP contribution < -0.4 is 0 Å². The number of unbranched alkanes of at least 4 members (excludes halogenated alkanes) is 35. The van der Waals surface area contributed by atoms with Gasteiger partial charge in [-0.05, 0) is 31.1 Å².